The molecule has 4 heterocycles. The number of likely N-dealkylation sites (tertiary alicyclic amines) is 4. The third-order valence-electron chi connectivity index (χ3n) is 11.2. The van der Waals surface area contributed by atoms with Gasteiger partial charge in [0, 0.05) is 79.4 Å². The van der Waals surface area contributed by atoms with Crippen LogP contribution in [0.15, 0.2) is 49.1 Å². The molecule has 0 unspecified atom stereocenters. The summed E-state index contributed by atoms with van der Waals surface area (Å²) in [5.41, 5.74) is 7.28. The molecule has 0 aliphatic carbocycles. The van der Waals surface area contributed by atoms with Gasteiger partial charge >= 0.3 is 0 Å². The Morgan fingerprint density at radius 1 is 0.388 bits per heavy atom. The monoisotopic (exact) mass is 692 g/mol. The first kappa shape index (κ1) is 45.2. The molecule has 0 amide bonds. The summed E-state index contributed by atoms with van der Waals surface area (Å²) in [6.07, 6.45) is 6.59. The molecule has 4 saturated heterocycles. The second-order valence-electron chi connectivity index (χ2n) is 20.3. The molecule has 0 radical (unpaired) electrons. The first-order chi connectivity index (χ1) is 22.2. The Morgan fingerprint density at radius 2 is 0.673 bits per heavy atom. The third kappa shape index (κ3) is 15.9. The van der Waals surface area contributed by atoms with Gasteiger partial charge in [-0.2, -0.15) is 0 Å². The maximum atomic E-state index is 4.17. The van der Waals surface area contributed by atoms with Gasteiger partial charge in [0.15, 0.2) is 0 Å². The Balaban J connectivity index is -0.000000605. The van der Waals surface area contributed by atoms with E-state index in [1.807, 2.05) is 0 Å². The van der Waals surface area contributed by atoms with Gasteiger partial charge in [0.25, 0.3) is 0 Å². The largest absolute Gasteiger partial charge is 0.375 e. The standard InChI is InChI=1S/2C12H23N.C11H21N.C10H19N.3H2/c1-10(2)11(3)13-8-6-12(4,5)7-9-13;1-10(2)11(3)13-8-6-7-12(4,5)9-13;1-9(2)10(3)12-7-6-11(4,5)8-12;1-8(2)9(3)11-6-10(4,5)7-11;;;/h2*10H,3,6-9H2,1-2,4-5H3;9H,3,6-8H2,1-2,4-5H3;8H,3,6-7H2,1-2,4-5H3;3*1H/i;;;;3*1+1. The lowest BCUT2D eigenvalue weighted by Crippen LogP contribution is -2.52. The Hall–Kier alpha value is -1.84. The van der Waals surface area contributed by atoms with E-state index in [-0.39, 0.29) is 4.28 Å². The van der Waals surface area contributed by atoms with E-state index in [1.54, 1.807) is 0 Å². The quantitative estimate of drug-likeness (QED) is 0.251. The average Bonchev–Trinajstić information content (AvgIpc) is 3.33. The molecule has 0 aromatic rings. The van der Waals surface area contributed by atoms with E-state index in [4.69, 9.17) is 0 Å². The van der Waals surface area contributed by atoms with Crippen molar-refractivity contribution < 1.29 is 4.28 Å². The van der Waals surface area contributed by atoms with Crippen LogP contribution in [0.2, 0.25) is 0 Å². The molecular formula is C45H92N4. The summed E-state index contributed by atoms with van der Waals surface area (Å²) in [5.74, 6) is 2.39. The van der Waals surface area contributed by atoms with Crippen LogP contribution in [0.3, 0.4) is 0 Å². The van der Waals surface area contributed by atoms with E-state index in [0.29, 0.717) is 45.3 Å². The maximum absolute atomic E-state index is 4.17. The molecule has 49 heavy (non-hydrogen) atoms. The molecule has 0 aromatic carbocycles. The highest BCUT2D eigenvalue weighted by Crippen LogP contribution is 2.35. The number of piperidine rings is 2. The van der Waals surface area contributed by atoms with Crippen molar-refractivity contribution in [2.75, 3.05) is 52.4 Å². The normalized spacial score (nSPS) is 22.0. The van der Waals surface area contributed by atoms with Crippen LogP contribution in [-0.2, 0) is 0 Å². The lowest BCUT2D eigenvalue weighted by molar-refractivity contribution is 0.0559. The molecule has 4 heteroatoms. The summed E-state index contributed by atoms with van der Waals surface area (Å²) >= 11 is 0. The van der Waals surface area contributed by atoms with E-state index in [1.165, 1.54) is 107 Å². The van der Waals surface area contributed by atoms with Crippen LogP contribution in [0.5, 0.6) is 0 Å². The number of nitrogens with zero attached hydrogens (tertiary/aromatic N) is 4. The van der Waals surface area contributed by atoms with Crippen molar-refractivity contribution in [1.82, 2.24) is 19.6 Å². The van der Waals surface area contributed by atoms with Gasteiger partial charge in [0.05, 0.1) is 0 Å². The van der Waals surface area contributed by atoms with E-state index in [9.17, 15) is 0 Å². The first-order valence-corrected chi connectivity index (χ1v) is 19.9. The fourth-order valence-corrected chi connectivity index (χ4v) is 7.08. The number of hydrogen-bond acceptors (Lipinski definition) is 4. The molecule has 4 nitrogen and oxygen atoms in total. The predicted octanol–water partition coefficient (Wildman–Crippen LogP) is 12.7. The Morgan fingerprint density at radius 3 is 1.02 bits per heavy atom. The summed E-state index contributed by atoms with van der Waals surface area (Å²) in [7, 11) is 0. The Bertz CT molecular complexity index is 1070. The molecule has 0 aromatic heterocycles. The van der Waals surface area contributed by atoms with Gasteiger partial charge in [-0.05, 0) is 77.4 Å². The van der Waals surface area contributed by atoms with Gasteiger partial charge in [-0.25, -0.2) is 0 Å². The molecular weight excluding hydrogens is 597 g/mol. The zero-order valence-corrected chi connectivity index (χ0v) is 36.1. The molecule has 0 spiro atoms. The minimum Gasteiger partial charge on any atom is -0.375 e. The minimum atomic E-state index is 0. The van der Waals surface area contributed by atoms with Crippen molar-refractivity contribution in [3.05, 3.63) is 49.1 Å². The topological polar surface area (TPSA) is 13.0 Å². The van der Waals surface area contributed by atoms with Crippen LogP contribution in [0.1, 0.15) is 147 Å². The summed E-state index contributed by atoms with van der Waals surface area (Å²) in [6.45, 7) is 62.5. The second kappa shape index (κ2) is 18.6. The number of rotatable bonds is 8. The Labute approximate surface area is 313 Å². The summed E-state index contributed by atoms with van der Waals surface area (Å²) in [4.78, 5) is 9.74. The predicted molar refractivity (Wildman–Crippen MR) is 227 cm³/mol. The van der Waals surface area contributed by atoms with Gasteiger partial charge in [0.1, 0.15) is 0 Å². The second-order valence-corrected chi connectivity index (χ2v) is 20.3. The smallest absolute Gasteiger partial charge is 0.0243 e. The van der Waals surface area contributed by atoms with Crippen molar-refractivity contribution in [2.24, 2.45) is 45.3 Å². The first-order valence-electron chi connectivity index (χ1n) is 19.9. The van der Waals surface area contributed by atoms with E-state index >= 15 is 0 Å². The van der Waals surface area contributed by atoms with Gasteiger partial charge in [0.2, 0.25) is 0 Å². The lowest BCUT2D eigenvalue weighted by atomic mass is 9.82. The molecule has 0 N–H and O–H groups in total. The maximum Gasteiger partial charge on any atom is 0.0243 e. The van der Waals surface area contributed by atoms with Crippen molar-refractivity contribution in [1.29, 1.82) is 0 Å². The summed E-state index contributed by atoms with van der Waals surface area (Å²) < 4.78 is 0. The van der Waals surface area contributed by atoms with Crippen molar-refractivity contribution in [3.63, 3.8) is 0 Å². The summed E-state index contributed by atoms with van der Waals surface area (Å²) in [5, 5.41) is 0. The van der Waals surface area contributed by atoms with Gasteiger partial charge in [-0.1, -0.05) is 137 Å². The fourth-order valence-electron chi connectivity index (χ4n) is 7.08. The molecule has 0 saturated carbocycles. The van der Waals surface area contributed by atoms with Crippen LogP contribution >= 0.6 is 0 Å². The van der Waals surface area contributed by atoms with Crippen LogP contribution in [-0.4, -0.2) is 72.0 Å². The zero-order chi connectivity index (χ0) is 38.1. The van der Waals surface area contributed by atoms with Crippen molar-refractivity contribution in [2.45, 2.75) is 143 Å². The van der Waals surface area contributed by atoms with Crippen LogP contribution in [0.4, 0.5) is 0 Å². The molecule has 292 valence electrons. The highest BCUT2D eigenvalue weighted by atomic mass is 15.2. The van der Waals surface area contributed by atoms with Crippen molar-refractivity contribution in [3.8, 4) is 0 Å². The van der Waals surface area contributed by atoms with E-state index in [2.05, 4.69) is 157 Å². The molecule has 4 aliphatic rings. The molecule has 4 aliphatic heterocycles. The number of hydrogen-bond donors (Lipinski definition) is 0. The lowest BCUT2D eigenvalue weighted by Gasteiger charge is -2.49. The van der Waals surface area contributed by atoms with Crippen LogP contribution < -0.4 is 0 Å². The molecule has 4 rings (SSSR count). The van der Waals surface area contributed by atoms with Gasteiger partial charge < -0.3 is 19.6 Å². The highest BCUT2D eigenvalue weighted by Gasteiger charge is 2.35. The van der Waals surface area contributed by atoms with E-state index in [0.717, 1.165) is 0 Å². The van der Waals surface area contributed by atoms with Crippen molar-refractivity contribution >= 4 is 0 Å². The van der Waals surface area contributed by atoms with Crippen LogP contribution in [0, 0.1) is 45.3 Å². The third-order valence-corrected chi connectivity index (χ3v) is 11.2. The number of allylic oxidation sites excluding steroid dienone is 4. The zero-order valence-electron chi connectivity index (χ0n) is 36.1. The molecule has 4 fully saturated rings. The van der Waals surface area contributed by atoms with Gasteiger partial charge in [-0.15, -0.1) is 0 Å². The van der Waals surface area contributed by atoms with E-state index < -0.39 is 0 Å². The Kier molecular flexibility index (Phi) is 17.1. The molecule has 0 bridgehead atoms. The summed E-state index contributed by atoms with van der Waals surface area (Å²) in [6, 6.07) is 0. The van der Waals surface area contributed by atoms with Gasteiger partial charge in [-0.3, -0.25) is 0 Å². The highest BCUT2D eigenvalue weighted by molar-refractivity contribution is 5.06. The average molecular weight is 692 g/mol. The van der Waals surface area contributed by atoms with Crippen LogP contribution in [0.25, 0.3) is 0 Å². The fraction of sp³-hybridized carbons (Fsp3) is 0.822. The minimum absolute atomic E-state index is 0. The molecule has 0 atom stereocenters. The SMILES string of the molecule is C=C(C(C)C)N1CC(C)(C)C1.C=C(C(C)C)N1CCC(C)(C)C1.C=C(C(C)C)N1CCC(C)(C)CC1.C=C(C(C)C)N1CCCC(C)(C)C1.[2HH].[2HH].[2HH].